The predicted octanol–water partition coefficient (Wildman–Crippen LogP) is 5.96. The monoisotopic (exact) mass is 421 g/mol. The van der Waals surface area contributed by atoms with Gasteiger partial charge in [0, 0.05) is 17.3 Å². The summed E-state index contributed by atoms with van der Waals surface area (Å²) in [6.07, 6.45) is 11.3. The summed E-state index contributed by atoms with van der Waals surface area (Å²) < 4.78 is 11.0. The first-order valence-corrected chi connectivity index (χ1v) is 12.1. The summed E-state index contributed by atoms with van der Waals surface area (Å²) in [6.45, 7) is 1.03. The molecule has 0 atom stereocenters. The number of aryl methyl sites for hydroxylation is 2. The van der Waals surface area contributed by atoms with Crippen molar-refractivity contribution in [1.82, 2.24) is 9.97 Å². The smallest absolute Gasteiger partial charge is 0.231 e. The average molecular weight is 422 g/mol. The number of nitrogens with zero attached hydrogens (tertiary/aromatic N) is 2. The molecule has 6 rings (SSSR count). The lowest BCUT2D eigenvalue weighted by atomic mass is 9.88. The number of fused-ring (bicyclic) bond motifs is 4. The summed E-state index contributed by atoms with van der Waals surface area (Å²) in [4.78, 5) is 12.9. The number of hydrogen-bond donors (Lipinski definition) is 1. The lowest BCUT2D eigenvalue weighted by Gasteiger charge is -2.21. The molecule has 1 aromatic carbocycles. The molecule has 3 heterocycles. The van der Waals surface area contributed by atoms with Gasteiger partial charge in [-0.15, -0.1) is 11.3 Å². The topological polar surface area (TPSA) is 56.3 Å². The Kier molecular flexibility index (Phi) is 4.75. The number of rotatable bonds is 4. The second kappa shape index (κ2) is 7.73. The van der Waals surface area contributed by atoms with Crippen LogP contribution in [0.15, 0.2) is 18.2 Å². The summed E-state index contributed by atoms with van der Waals surface area (Å²) in [6, 6.07) is 6.16. The fourth-order valence-corrected chi connectivity index (χ4v) is 6.35. The Morgan fingerprint density at radius 2 is 1.83 bits per heavy atom. The molecule has 0 amide bonds. The highest BCUT2D eigenvalue weighted by atomic mass is 32.1. The van der Waals surface area contributed by atoms with Crippen LogP contribution in [0.25, 0.3) is 10.2 Å². The van der Waals surface area contributed by atoms with Gasteiger partial charge in [0.05, 0.1) is 5.39 Å². The first kappa shape index (κ1) is 18.4. The molecular weight excluding hydrogens is 394 g/mol. The molecule has 1 N–H and O–H groups in total. The highest BCUT2D eigenvalue weighted by Gasteiger charge is 2.25. The van der Waals surface area contributed by atoms with E-state index in [4.69, 9.17) is 19.4 Å². The van der Waals surface area contributed by atoms with E-state index in [0.717, 1.165) is 36.1 Å². The molecule has 3 aromatic rings. The van der Waals surface area contributed by atoms with Crippen molar-refractivity contribution < 1.29 is 9.47 Å². The van der Waals surface area contributed by atoms with Crippen LogP contribution in [0.4, 0.5) is 5.82 Å². The van der Waals surface area contributed by atoms with Crippen molar-refractivity contribution in [3.8, 4) is 11.5 Å². The Bertz CT molecular complexity index is 1090. The van der Waals surface area contributed by atoms with Gasteiger partial charge in [-0.25, -0.2) is 9.97 Å². The minimum absolute atomic E-state index is 0.310. The van der Waals surface area contributed by atoms with E-state index in [0.29, 0.717) is 12.7 Å². The molecule has 0 saturated heterocycles. The van der Waals surface area contributed by atoms with Gasteiger partial charge in [0.15, 0.2) is 11.5 Å². The summed E-state index contributed by atoms with van der Waals surface area (Å²) >= 11 is 1.90. The van der Waals surface area contributed by atoms with E-state index in [1.165, 1.54) is 77.6 Å². The number of benzene rings is 1. The first-order chi connectivity index (χ1) is 14.8. The molecular formula is C24H27N3O2S. The first-order valence-electron chi connectivity index (χ1n) is 11.3. The molecule has 2 aromatic heterocycles. The van der Waals surface area contributed by atoms with Crippen LogP contribution >= 0.6 is 11.3 Å². The third kappa shape index (κ3) is 3.31. The van der Waals surface area contributed by atoms with Crippen LogP contribution in [0.2, 0.25) is 0 Å². The van der Waals surface area contributed by atoms with Gasteiger partial charge in [0.2, 0.25) is 6.79 Å². The number of nitrogens with one attached hydrogen (secondary N) is 1. The quantitative estimate of drug-likeness (QED) is 0.563. The van der Waals surface area contributed by atoms with Crippen molar-refractivity contribution in [2.75, 3.05) is 12.1 Å². The van der Waals surface area contributed by atoms with Crippen LogP contribution in [0.1, 0.15) is 72.7 Å². The molecule has 0 spiro atoms. The minimum atomic E-state index is 0.310. The molecule has 0 radical (unpaired) electrons. The molecule has 1 saturated carbocycles. The van der Waals surface area contributed by atoms with E-state index < -0.39 is 0 Å². The lowest BCUT2D eigenvalue weighted by molar-refractivity contribution is 0.174. The third-order valence-electron chi connectivity index (χ3n) is 6.70. The van der Waals surface area contributed by atoms with Crippen LogP contribution in [0.5, 0.6) is 11.5 Å². The van der Waals surface area contributed by atoms with Gasteiger partial charge in [-0.3, -0.25) is 0 Å². The average Bonchev–Trinajstić information content (AvgIpc) is 3.41. The number of ether oxygens (including phenoxy) is 2. The molecule has 0 unspecified atom stereocenters. The molecule has 5 nitrogen and oxygen atoms in total. The van der Waals surface area contributed by atoms with Crippen molar-refractivity contribution in [2.45, 2.75) is 70.3 Å². The van der Waals surface area contributed by atoms with E-state index in [2.05, 4.69) is 17.4 Å². The van der Waals surface area contributed by atoms with Crippen LogP contribution in [-0.2, 0) is 19.4 Å². The molecule has 1 aliphatic heterocycles. The number of aromatic nitrogens is 2. The van der Waals surface area contributed by atoms with Crippen molar-refractivity contribution in [3.05, 3.63) is 40.0 Å². The van der Waals surface area contributed by atoms with E-state index in [1.807, 2.05) is 17.4 Å². The SMILES string of the molecule is c1cc2c(cc1CNc1nc(C3CCCCC3)nc3sc4c(c13)CCCC4)OCO2. The van der Waals surface area contributed by atoms with E-state index in [-0.39, 0.29) is 0 Å². The van der Waals surface area contributed by atoms with Crippen molar-refractivity contribution >= 4 is 27.4 Å². The van der Waals surface area contributed by atoms with E-state index in [1.54, 1.807) is 0 Å². The Balaban J connectivity index is 1.36. The van der Waals surface area contributed by atoms with Gasteiger partial charge >= 0.3 is 0 Å². The Morgan fingerprint density at radius 1 is 0.967 bits per heavy atom. The Hall–Kier alpha value is -2.34. The second-order valence-corrected chi connectivity index (χ2v) is 9.78. The molecule has 0 bridgehead atoms. The summed E-state index contributed by atoms with van der Waals surface area (Å²) in [5, 5.41) is 4.94. The predicted molar refractivity (Wildman–Crippen MR) is 120 cm³/mol. The third-order valence-corrected chi connectivity index (χ3v) is 7.88. The largest absolute Gasteiger partial charge is 0.454 e. The van der Waals surface area contributed by atoms with Gasteiger partial charge in [0.25, 0.3) is 0 Å². The standard InChI is InChI=1S/C24H27N3O2S/c1-2-6-16(7-3-1)22-26-23(21-17-8-4-5-9-20(17)30-24(21)27-22)25-13-15-10-11-18-19(12-15)29-14-28-18/h10-12,16H,1-9,13-14H2,(H,25,26,27). The normalized spacial score (nSPS) is 18.5. The molecule has 3 aliphatic rings. The van der Waals surface area contributed by atoms with E-state index in [9.17, 15) is 0 Å². The van der Waals surface area contributed by atoms with Gasteiger partial charge in [-0.2, -0.15) is 0 Å². The molecule has 2 aliphatic carbocycles. The molecule has 6 heteroatoms. The van der Waals surface area contributed by atoms with Crippen LogP contribution in [0.3, 0.4) is 0 Å². The zero-order chi connectivity index (χ0) is 19.9. The van der Waals surface area contributed by atoms with Crippen LogP contribution < -0.4 is 14.8 Å². The summed E-state index contributed by atoms with van der Waals surface area (Å²) in [5.74, 6) is 4.24. The zero-order valence-electron chi connectivity index (χ0n) is 17.2. The second-order valence-electron chi connectivity index (χ2n) is 8.70. The van der Waals surface area contributed by atoms with Crippen molar-refractivity contribution in [3.63, 3.8) is 0 Å². The zero-order valence-corrected chi connectivity index (χ0v) is 18.0. The van der Waals surface area contributed by atoms with Gasteiger partial charge in [-0.1, -0.05) is 25.3 Å². The highest BCUT2D eigenvalue weighted by molar-refractivity contribution is 7.19. The molecule has 30 heavy (non-hydrogen) atoms. The van der Waals surface area contributed by atoms with Gasteiger partial charge in [-0.05, 0) is 61.8 Å². The number of thiophene rings is 1. The lowest BCUT2D eigenvalue weighted by Crippen LogP contribution is -2.11. The maximum absolute atomic E-state index is 5.55. The van der Waals surface area contributed by atoms with Crippen LogP contribution in [0, 0.1) is 0 Å². The fourth-order valence-electron chi connectivity index (χ4n) is 5.08. The van der Waals surface area contributed by atoms with Crippen molar-refractivity contribution in [1.29, 1.82) is 0 Å². The number of hydrogen-bond acceptors (Lipinski definition) is 6. The summed E-state index contributed by atoms with van der Waals surface area (Å²) in [7, 11) is 0. The van der Waals surface area contributed by atoms with Gasteiger partial charge in [0.1, 0.15) is 16.5 Å². The van der Waals surface area contributed by atoms with E-state index >= 15 is 0 Å². The Labute approximate surface area is 180 Å². The highest BCUT2D eigenvalue weighted by Crippen LogP contribution is 2.41. The number of anilines is 1. The van der Waals surface area contributed by atoms with Crippen LogP contribution in [-0.4, -0.2) is 16.8 Å². The minimum Gasteiger partial charge on any atom is -0.454 e. The fraction of sp³-hybridized carbons (Fsp3) is 0.500. The molecule has 1 fully saturated rings. The van der Waals surface area contributed by atoms with Crippen molar-refractivity contribution in [2.24, 2.45) is 0 Å². The maximum atomic E-state index is 5.55. The Morgan fingerprint density at radius 3 is 2.77 bits per heavy atom. The molecule has 156 valence electrons. The maximum Gasteiger partial charge on any atom is 0.231 e. The van der Waals surface area contributed by atoms with Gasteiger partial charge < -0.3 is 14.8 Å². The summed E-state index contributed by atoms with van der Waals surface area (Å²) in [5.41, 5.74) is 2.67.